The third-order valence-electron chi connectivity index (χ3n) is 5.52. The lowest BCUT2D eigenvalue weighted by molar-refractivity contribution is 0.143. The first-order valence-electron chi connectivity index (χ1n) is 10.2. The van der Waals surface area contributed by atoms with E-state index in [0.717, 1.165) is 17.7 Å². The summed E-state index contributed by atoms with van der Waals surface area (Å²) in [5.74, 6) is 0.0783. The van der Waals surface area contributed by atoms with Gasteiger partial charge in [0.15, 0.2) is 0 Å². The fourth-order valence-corrected chi connectivity index (χ4v) is 3.96. The molecule has 0 aromatic heterocycles. The van der Waals surface area contributed by atoms with Gasteiger partial charge in [-0.15, -0.1) is 0 Å². The first-order valence-corrected chi connectivity index (χ1v) is 10.2. The largest absolute Gasteiger partial charge is 0.449 e. The molecule has 3 aromatic rings. The van der Waals surface area contributed by atoms with E-state index in [1.54, 1.807) is 0 Å². The van der Waals surface area contributed by atoms with Crippen LogP contribution >= 0.6 is 0 Å². The predicted octanol–water partition coefficient (Wildman–Crippen LogP) is 5.52. The number of hydrogen-bond donors (Lipinski definition) is 2. The monoisotopic (exact) mass is 398 g/mol. The van der Waals surface area contributed by atoms with Crippen LogP contribution in [0, 0.1) is 6.92 Å². The smallest absolute Gasteiger partial charge is 0.407 e. The third-order valence-corrected chi connectivity index (χ3v) is 5.52. The summed E-state index contributed by atoms with van der Waals surface area (Å²) in [5.41, 5.74) is 13.7. The van der Waals surface area contributed by atoms with Crippen molar-refractivity contribution in [1.29, 1.82) is 0 Å². The second-order valence-electron chi connectivity index (χ2n) is 7.56. The Labute approximate surface area is 177 Å². The lowest BCUT2D eigenvalue weighted by atomic mass is 9.98. The highest BCUT2D eigenvalue weighted by atomic mass is 16.5. The summed E-state index contributed by atoms with van der Waals surface area (Å²) in [6.45, 7) is 2.90. The van der Waals surface area contributed by atoms with Gasteiger partial charge < -0.3 is 15.8 Å². The summed E-state index contributed by atoms with van der Waals surface area (Å²) in [5, 5.41) is 2.83. The second-order valence-corrected chi connectivity index (χ2v) is 7.56. The molecular weight excluding hydrogens is 372 g/mol. The zero-order chi connectivity index (χ0) is 20.9. The van der Waals surface area contributed by atoms with Gasteiger partial charge in [-0.05, 0) is 58.9 Å². The summed E-state index contributed by atoms with van der Waals surface area (Å²) >= 11 is 0. The van der Waals surface area contributed by atoms with Crippen molar-refractivity contribution >= 4 is 17.9 Å². The van der Waals surface area contributed by atoms with Crippen LogP contribution in [-0.2, 0) is 4.74 Å². The molecule has 1 aliphatic carbocycles. The number of ether oxygens (including phenoxy) is 1. The van der Waals surface area contributed by atoms with Crippen LogP contribution in [0.5, 0.6) is 0 Å². The van der Waals surface area contributed by atoms with Crippen molar-refractivity contribution in [3.05, 3.63) is 95.1 Å². The fourth-order valence-electron chi connectivity index (χ4n) is 3.96. The van der Waals surface area contributed by atoms with Gasteiger partial charge in [0.25, 0.3) is 0 Å². The molecule has 4 heteroatoms. The zero-order valence-electron chi connectivity index (χ0n) is 17.1. The van der Waals surface area contributed by atoms with Gasteiger partial charge in [-0.3, -0.25) is 0 Å². The lowest BCUT2D eigenvalue weighted by Gasteiger charge is -2.14. The van der Waals surface area contributed by atoms with Crippen molar-refractivity contribution in [1.82, 2.24) is 5.32 Å². The molecule has 0 saturated heterocycles. The average Bonchev–Trinajstić information content (AvgIpc) is 3.08. The van der Waals surface area contributed by atoms with Crippen molar-refractivity contribution < 1.29 is 9.53 Å². The summed E-state index contributed by atoms with van der Waals surface area (Å²) in [6, 6.07) is 22.5. The number of nitrogens with one attached hydrogen (secondary N) is 1. The number of fused-ring (bicyclic) bond motifs is 3. The zero-order valence-corrected chi connectivity index (χ0v) is 17.1. The van der Waals surface area contributed by atoms with Crippen molar-refractivity contribution in [2.24, 2.45) is 0 Å². The van der Waals surface area contributed by atoms with E-state index in [9.17, 15) is 4.79 Å². The number of nitrogens with two attached hydrogens (primary N) is 1. The number of aryl methyl sites for hydroxylation is 1. The van der Waals surface area contributed by atoms with Gasteiger partial charge in [-0.2, -0.15) is 0 Å². The Kier molecular flexibility index (Phi) is 5.84. The molecule has 4 rings (SSSR count). The van der Waals surface area contributed by atoms with E-state index in [1.807, 2.05) is 61.5 Å². The van der Waals surface area contributed by atoms with E-state index in [2.05, 4.69) is 29.6 Å². The maximum absolute atomic E-state index is 12.2. The molecular formula is C26H26N2O2. The first kappa shape index (κ1) is 19.8. The molecule has 0 aliphatic heterocycles. The maximum atomic E-state index is 12.2. The minimum atomic E-state index is -0.384. The summed E-state index contributed by atoms with van der Waals surface area (Å²) in [7, 11) is 0. The summed E-state index contributed by atoms with van der Waals surface area (Å²) < 4.78 is 5.55. The summed E-state index contributed by atoms with van der Waals surface area (Å²) in [4.78, 5) is 12.2. The van der Waals surface area contributed by atoms with E-state index >= 15 is 0 Å². The third kappa shape index (κ3) is 4.23. The van der Waals surface area contributed by atoms with Crippen LogP contribution in [0.15, 0.2) is 72.8 Å². The molecule has 0 bridgehead atoms. The molecule has 0 atom stereocenters. The van der Waals surface area contributed by atoms with Crippen molar-refractivity contribution in [3.63, 3.8) is 0 Å². The Balaban J connectivity index is 1.28. The predicted molar refractivity (Wildman–Crippen MR) is 122 cm³/mol. The SMILES string of the molecule is Cc1ccc(N)cc1C=CCCNC(=O)OCC1c2ccccc2-c2ccccc21. The first-order chi connectivity index (χ1) is 14.6. The number of nitrogen functional groups attached to an aromatic ring is 1. The molecule has 0 fully saturated rings. The van der Waals surface area contributed by atoms with E-state index in [0.29, 0.717) is 13.2 Å². The van der Waals surface area contributed by atoms with E-state index in [4.69, 9.17) is 10.5 Å². The quantitative estimate of drug-likeness (QED) is 0.424. The minimum Gasteiger partial charge on any atom is -0.449 e. The molecule has 3 N–H and O–H groups in total. The molecule has 0 spiro atoms. The van der Waals surface area contributed by atoms with E-state index in [1.165, 1.54) is 27.8 Å². The standard InChI is InChI=1S/C26H26N2O2/c1-18-13-14-20(27)16-19(18)8-6-7-15-28-26(29)30-17-25-23-11-4-2-9-21(23)22-10-3-5-12-24(22)25/h2-6,8-14,16,25H,7,15,17,27H2,1H3,(H,28,29). The van der Waals surface area contributed by atoms with Gasteiger partial charge in [0.05, 0.1) is 0 Å². The van der Waals surface area contributed by atoms with Gasteiger partial charge in [-0.25, -0.2) is 4.79 Å². The molecule has 3 aromatic carbocycles. The highest BCUT2D eigenvalue weighted by molar-refractivity contribution is 5.79. The number of rotatable bonds is 6. The second kappa shape index (κ2) is 8.87. The van der Waals surface area contributed by atoms with Crippen LogP contribution in [0.25, 0.3) is 17.2 Å². The normalized spacial score (nSPS) is 12.6. The van der Waals surface area contributed by atoms with E-state index < -0.39 is 0 Å². The number of amides is 1. The van der Waals surface area contributed by atoms with Crippen molar-refractivity contribution in [2.75, 3.05) is 18.9 Å². The van der Waals surface area contributed by atoms with Crippen LogP contribution in [0.2, 0.25) is 0 Å². The fraction of sp³-hybridized carbons (Fsp3) is 0.192. The topological polar surface area (TPSA) is 64.3 Å². The van der Waals surface area contributed by atoms with Crippen LogP contribution in [0.3, 0.4) is 0 Å². The van der Waals surface area contributed by atoms with Crippen molar-refractivity contribution in [2.45, 2.75) is 19.3 Å². The highest BCUT2D eigenvalue weighted by Crippen LogP contribution is 2.44. The van der Waals surface area contributed by atoms with E-state index in [-0.39, 0.29) is 12.0 Å². The molecule has 0 radical (unpaired) electrons. The number of carbonyl (C=O) groups is 1. The van der Waals surface area contributed by atoms with Crippen LogP contribution < -0.4 is 11.1 Å². The number of carbonyl (C=O) groups excluding carboxylic acids is 1. The molecule has 0 unspecified atom stereocenters. The molecule has 0 heterocycles. The number of benzene rings is 3. The maximum Gasteiger partial charge on any atom is 0.407 e. The molecule has 1 amide bonds. The van der Waals surface area contributed by atoms with Crippen LogP contribution in [-0.4, -0.2) is 19.2 Å². The molecule has 0 saturated carbocycles. The molecule has 1 aliphatic rings. The van der Waals surface area contributed by atoms with Gasteiger partial charge in [0, 0.05) is 18.2 Å². The van der Waals surface area contributed by atoms with Gasteiger partial charge in [-0.1, -0.05) is 66.7 Å². The number of anilines is 1. The van der Waals surface area contributed by atoms with Crippen molar-refractivity contribution in [3.8, 4) is 11.1 Å². The molecule has 4 nitrogen and oxygen atoms in total. The number of hydrogen-bond acceptors (Lipinski definition) is 3. The Morgan fingerprint density at radius 2 is 1.70 bits per heavy atom. The lowest BCUT2D eigenvalue weighted by Crippen LogP contribution is -2.26. The Hall–Kier alpha value is -3.53. The van der Waals surface area contributed by atoms with Gasteiger partial charge in [0.2, 0.25) is 0 Å². The molecule has 152 valence electrons. The number of alkyl carbamates (subject to hydrolysis) is 1. The van der Waals surface area contributed by atoms with Crippen LogP contribution in [0.4, 0.5) is 10.5 Å². The molecule has 30 heavy (non-hydrogen) atoms. The minimum absolute atomic E-state index is 0.0783. The van der Waals surface area contributed by atoms with Crippen LogP contribution in [0.1, 0.15) is 34.6 Å². The Bertz CT molecular complexity index is 1040. The Morgan fingerprint density at radius 3 is 2.40 bits per heavy atom. The summed E-state index contributed by atoms with van der Waals surface area (Å²) in [6.07, 6.45) is 4.40. The van der Waals surface area contributed by atoms with Gasteiger partial charge >= 0.3 is 6.09 Å². The average molecular weight is 399 g/mol. The Morgan fingerprint density at radius 1 is 1.03 bits per heavy atom. The van der Waals surface area contributed by atoms with Gasteiger partial charge in [0.1, 0.15) is 6.61 Å². The highest BCUT2D eigenvalue weighted by Gasteiger charge is 2.28.